The Bertz CT molecular complexity index is 1590. The van der Waals surface area contributed by atoms with Crippen LogP contribution in [0.15, 0.2) is 97.1 Å². The van der Waals surface area contributed by atoms with Crippen LogP contribution in [0.1, 0.15) is 43.0 Å². The van der Waals surface area contributed by atoms with E-state index in [1.54, 1.807) is 7.05 Å². The molecule has 0 aliphatic rings. The van der Waals surface area contributed by atoms with Crippen molar-refractivity contribution in [2.75, 3.05) is 71.6 Å². The predicted molar refractivity (Wildman–Crippen MR) is 216 cm³/mol. The van der Waals surface area contributed by atoms with Gasteiger partial charge < -0.3 is 39.5 Å². The number of hydrogen-bond donors (Lipinski definition) is 4. The standard InChI is InChI=1S/C20H21NO2.C16H15N.2C4H10O3.2Y/c1-20(2,3)23-19(22)21(4)18-14-12-17(13-15-18)11-10-16-8-6-5-7-9-16;1-17(2)16-12-10-15(11-13-16)9-8-14-6-4-3-5-7-14;2*1-7-3-4(6)2-5;;/h5-8,10,12-15H,1-4H3;3-6,8,10-13H,1-2H3;2*4-6H,2-3H2,1H3;;/q2*-2;;;;/t;;2*4-;;/m..10../s1. The second-order valence-electron chi connectivity index (χ2n) is 12.8. The first-order valence-corrected chi connectivity index (χ1v) is 17.3. The van der Waals surface area contributed by atoms with E-state index in [-0.39, 0.29) is 97.9 Å². The Morgan fingerprint density at radius 3 is 1.38 bits per heavy atom. The number of amides is 1. The van der Waals surface area contributed by atoms with Crippen LogP contribution in [0.5, 0.6) is 0 Å². The van der Waals surface area contributed by atoms with Crippen molar-refractivity contribution in [1.29, 1.82) is 0 Å². The number of hydrogen-bond acceptors (Lipinski definition) is 9. The Hall–Kier alpha value is -2.60. The van der Waals surface area contributed by atoms with Gasteiger partial charge in [0.25, 0.3) is 0 Å². The second kappa shape index (κ2) is 32.4. The van der Waals surface area contributed by atoms with E-state index in [2.05, 4.69) is 62.9 Å². The van der Waals surface area contributed by atoms with Crippen LogP contribution in [0.25, 0.3) is 12.2 Å². The van der Waals surface area contributed by atoms with E-state index < -0.39 is 17.8 Å². The minimum atomic E-state index is -0.718. The quantitative estimate of drug-likeness (QED) is 0.0984. The van der Waals surface area contributed by atoms with E-state index in [0.717, 1.165) is 27.9 Å². The molecular weight excluding hydrogens is 862 g/mol. The smallest absolute Gasteiger partial charge is 0.414 e. The van der Waals surface area contributed by atoms with Gasteiger partial charge in [-0.1, -0.05) is 24.3 Å². The fraction of sp³-hybridized carbons (Fsp3) is 0.341. The number of aliphatic hydroxyl groups is 4. The fourth-order valence-corrected chi connectivity index (χ4v) is 3.88. The van der Waals surface area contributed by atoms with Gasteiger partial charge in [0.15, 0.2) is 0 Å². The number of carbonyl (C=O) groups is 1. The third kappa shape index (κ3) is 26.3. The molecular formula is C44H56N2O8Y2-4. The van der Waals surface area contributed by atoms with Crippen molar-refractivity contribution in [1.82, 2.24) is 0 Å². The van der Waals surface area contributed by atoms with E-state index in [0.29, 0.717) is 0 Å². The topological polar surface area (TPSA) is 132 Å². The summed E-state index contributed by atoms with van der Waals surface area (Å²) < 4.78 is 14.3. The summed E-state index contributed by atoms with van der Waals surface area (Å²) in [6.45, 7) is 5.50. The van der Waals surface area contributed by atoms with Gasteiger partial charge >= 0.3 is 6.09 Å². The van der Waals surface area contributed by atoms with Gasteiger partial charge in [0, 0.05) is 112 Å². The van der Waals surface area contributed by atoms with Crippen molar-refractivity contribution in [3.05, 3.63) is 144 Å². The summed E-state index contributed by atoms with van der Waals surface area (Å²) in [5.41, 5.74) is 5.49. The Morgan fingerprint density at radius 1 is 0.696 bits per heavy atom. The maximum absolute atomic E-state index is 12.0. The summed E-state index contributed by atoms with van der Waals surface area (Å²) in [5, 5.41) is 33.2. The monoisotopic (exact) mass is 918 g/mol. The molecule has 2 atom stereocenters. The van der Waals surface area contributed by atoms with Crippen molar-refractivity contribution in [2.45, 2.75) is 38.6 Å². The number of carbonyl (C=O) groups excluding carboxylic acids is 1. The maximum atomic E-state index is 12.0. The van der Waals surface area contributed by atoms with Crippen molar-refractivity contribution >= 4 is 29.6 Å². The van der Waals surface area contributed by atoms with Gasteiger partial charge in [0.1, 0.15) is 17.8 Å². The van der Waals surface area contributed by atoms with E-state index in [1.165, 1.54) is 24.8 Å². The summed E-state index contributed by atoms with van der Waals surface area (Å²) in [7, 11) is 8.71. The third-order valence-corrected chi connectivity index (χ3v) is 6.70. The van der Waals surface area contributed by atoms with E-state index in [1.807, 2.05) is 120 Å². The number of anilines is 2. The van der Waals surface area contributed by atoms with Gasteiger partial charge in [-0.15, -0.1) is 36.4 Å². The van der Waals surface area contributed by atoms with Crippen molar-refractivity contribution in [3.63, 3.8) is 0 Å². The summed E-state index contributed by atoms with van der Waals surface area (Å²) in [5.74, 6) is 0. The molecule has 2 radical (unpaired) electrons. The zero-order valence-corrected chi connectivity index (χ0v) is 39.5. The van der Waals surface area contributed by atoms with Gasteiger partial charge in [-0.05, 0) is 20.8 Å². The number of ether oxygens (including phenoxy) is 3. The van der Waals surface area contributed by atoms with Crippen LogP contribution in [-0.2, 0) is 79.6 Å². The molecule has 56 heavy (non-hydrogen) atoms. The number of rotatable bonds is 12. The van der Waals surface area contributed by atoms with E-state index >= 15 is 0 Å². The number of aliphatic hydroxyl groups excluding tert-OH is 4. The predicted octanol–water partition coefficient (Wildman–Crippen LogP) is 6.11. The normalized spacial score (nSPS) is 11.5. The minimum Gasteiger partial charge on any atom is -0.443 e. The summed E-state index contributed by atoms with van der Waals surface area (Å²) >= 11 is 0. The van der Waals surface area contributed by atoms with Gasteiger partial charge in [-0.2, -0.15) is 71.8 Å². The molecule has 0 saturated carbocycles. The van der Waals surface area contributed by atoms with Crippen molar-refractivity contribution < 1.29 is 105 Å². The Labute approximate surface area is 385 Å². The van der Waals surface area contributed by atoms with Crippen LogP contribution >= 0.6 is 0 Å². The molecule has 0 aromatic heterocycles. The average Bonchev–Trinajstić information content (AvgIpc) is 3.17. The second-order valence-corrected chi connectivity index (χ2v) is 12.8. The van der Waals surface area contributed by atoms with Crippen molar-refractivity contribution in [3.8, 4) is 0 Å². The maximum Gasteiger partial charge on any atom is 0.414 e. The molecule has 0 fully saturated rings. The molecule has 0 saturated heterocycles. The van der Waals surface area contributed by atoms with Gasteiger partial charge in [-0.25, -0.2) is 28.1 Å². The first-order valence-electron chi connectivity index (χ1n) is 17.3. The molecule has 0 aliphatic carbocycles. The van der Waals surface area contributed by atoms with Crippen LogP contribution in [0.3, 0.4) is 0 Å². The summed E-state index contributed by atoms with van der Waals surface area (Å²) in [6, 6.07) is 37.7. The number of methoxy groups -OCH3 is 2. The zero-order chi connectivity index (χ0) is 40.4. The average molecular weight is 919 g/mol. The van der Waals surface area contributed by atoms with Gasteiger partial charge in [0.2, 0.25) is 0 Å². The molecule has 0 bridgehead atoms. The molecule has 300 valence electrons. The largest absolute Gasteiger partial charge is 0.443 e. The minimum absolute atomic E-state index is 0. The molecule has 0 heterocycles. The summed E-state index contributed by atoms with van der Waals surface area (Å²) in [4.78, 5) is 15.6. The van der Waals surface area contributed by atoms with Gasteiger partial charge in [0.05, 0.1) is 26.4 Å². The molecule has 1 amide bonds. The molecule has 4 aromatic rings. The molecule has 4 rings (SSSR count). The molecule has 0 aliphatic heterocycles. The van der Waals surface area contributed by atoms with Crippen LogP contribution in [0, 0.1) is 24.3 Å². The molecule has 0 spiro atoms. The number of benzene rings is 4. The first kappa shape index (κ1) is 55.5. The third-order valence-electron chi connectivity index (χ3n) is 6.70. The Balaban J connectivity index is 0. The van der Waals surface area contributed by atoms with Crippen LogP contribution in [0.2, 0.25) is 0 Å². The Morgan fingerprint density at radius 2 is 1.09 bits per heavy atom. The van der Waals surface area contributed by atoms with E-state index in [9.17, 15) is 4.79 Å². The SMILES string of the molecule is CN(C(=O)OC(C)(C)C)c1ccc([C-]=Cc2[c-]cccc2)cc1.CN(C)c1ccc([C-]=Cc2[c-]cccc2)cc1.COC[C@@H](O)CO.COC[C@H](O)CO.[Y].[Y]. The molecule has 4 N–H and O–H groups in total. The summed E-state index contributed by atoms with van der Waals surface area (Å²) in [6.07, 6.45) is 8.48. The molecule has 4 aromatic carbocycles. The molecule has 0 unspecified atom stereocenters. The van der Waals surface area contributed by atoms with Crippen LogP contribution < -0.4 is 9.80 Å². The zero-order valence-electron chi connectivity index (χ0n) is 33.8. The fourth-order valence-electron chi connectivity index (χ4n) is 3.88. The van der Waals surface area contributed by atoms with Crippen LogP contribution in [-0.4, -0.2) is 106 Å². The van der Waals surface area contributed by atoms with E-state index in [4.69, 9.17) is 25.2 Å². The first-order chi connectivity index (χ1) is 25.7. The van der Waals surface area contributed by atoms with Crippen molar-refractivity contribution in [2.24, 2.45) is 0 Å². The van der Waals surface area contributed by atoms with Crippen LogP contribution in [0.4, 0.5) is 16.2 Å². The molecule has 12 heteroatoms. The van der Waals surface area contributed by atoms with Gasteiger partial charge in [-0.3, -0.25) is 4.90 Å². The molecule has 10 nitrogen and oxygen atoms in total. The Kier molecular flexibility index (Phi) is 32.1. The number of nitrogens with zero attached hydrogens (tertiary/aromatic N) is 2.